The number of carbonyl (C=O) groups excluding carboxylic acids is 1. The summed E-state index contributed by atoms with van der Waals surface area (Å²) in [6, 6.07) is 24.2. The van der Waals surface area contributed by atoms with Crippen molar-refractivity contribution >= 4 is 28.6 Å². The summed E-state index contributed by atoms with van der Waals surface area (Å²) in [6.45, 7) is 3.03. The minimum Gasteiger partial charge on any atom is -0.369 e. The number of nitrogens with two attached hydrogens (primary N) is 1. The van der Waals surface area contributed by atoms with E-state index in [1.54, 1.807) is 0 Å². The summed E-state index contributed by atoms with van der Waals surface area (Å²) in [4.78, 5) is 17.3. The smallest absolute Gasteiger partial charge is 0.255 e. The van der Waals surface area contributed by atoms with Gasteiger partial charge in [-0.1, -0.05) is 75.1 Å². The summed E-state index contributed by atoms with van der Waals surface area (Å²) in [6.07, 6.45) is 9.39. The van der Waals surface area contributed by atoms with Crippen molar-refractivity contribution in [1.29, 1.82) is 0 Å². The van der Waals surface area contributed by atoms with E-state index in [9.17, 15) is 4.79 Å². The lowest BCUT2D eigenvalue weighted by molar-refractivity contribution is 0.102. The zero-order valence-corrected chi connectivity index (χ0v) is 20.7. The van der Waals surface area contributed by atoms with Gasteiger partial charge in [-0.25, -0.2) is 4.98 Å². The van der Waals surface area contributed by atoms with Crippen LogP contribution in [0, 0.1) is 0 Å². The molecule has 5 heteroatoms. The molecule has 0 saturated carbocycles. The molecule has 3 aromatic carbocycles. The van der Waals surface area contributed by atoms with E-state index < -0.39 is 0 Å². The highest BCUT2D eigenvalue weighted by Gasteiger charge is 2.11. The number of amides is 1. The summed E-state index contributed by atoms with van der Waals surface area (Å²) >= 11 is 0. The highest BCUT2D eigenvalue weighted by atomic mass is 16.1. The van der Waals surface area contributed by atoms with Crippen molar-refractivity contribution in [2.75, 3.05) is 11.1 Å². The molecule has 3 N–H and O–H groups in total. The van der Waals surface area contributed by atoms with E-state index in [0.29, 0.717) is 11.5 Å². The van der Waals surface area contributed by atoms with Crippen LogP contribution in [0.2, 0.25) is 0 Å². The fraction of sp³-hybridized carbons (Fsp3) is 0.333. The second-order valence-electron chi connectivity index (χ2n) is 9.23. The highest BCUT2D eigenvalue weighted by molar-refractivity contribution is 6.05. The first-order chi connectivity index (χ1) is 17.1. The van der Waals surface area contributed by atoms with Gasteiger partial charge in [0.15, 0.2) is 0 Å². The molecular formula is C30H36N4O. The maximum absolute atomic E-state index is 12.8. The predicted molar refractivity (Wildman–Crippen MR) is 146 cm³/mol. The lowest BCUT2D eigenvalue weighted by Gasteiger charge is -2.08. The largest absolute Gasteiger partial charge is 0.369 e. The van der Waals surface area contributed by atoms with Gasteiger partial charge in [-0.2, -0.15) is 0 Å². The van der Waals surface area contributed by atoms with E-state index in [0.717, 1.165) is 42.5 Å². The second-order valence-corrected chi connectivity index (χ2v) is 9.23. The number of benzene rings is 3. The lowest BCUT2D eigenvalue weighted by atomic mass is 10.0. The van der Waals surface area contributed by atoms with Gasteiger partial charge in [0.1, 0.15) is 0 Å². The SMILES string of the molecule is CCCCCCCc1ccc(C(=O)Nc2ccc3c(c2)nc(N)n3CCCc2ccccc2)cc1. The number of aromatic nitrogens is 2. The summed E-state index contributed by atoms with van der Waals surface area (Å²) < 4.78 is 2.05. The lowest BCUT2D eigenvalue weighted by Crippen LogP contribution is -2.11. The van der Waals surface area contributed by atoms with E-state index in [1.807, 2.05) is 41.0 Å². The van der Waals surface area contributed by atoms with Crippen LogP contribution in [0.25, 0.3) is 11.0 Å². The Kier molecular flexibility index (Phi) is 8.55. The monoisotopic (exact) mass is 468 g/mol. The van der Waals surface area contributed by atoms with E-state index >= 15 is 0 Å². The zero-order chi connectivity index (χ0) is 24.5. The Morgan fingerprint density at radius 3 is 2.34 bits per heavy atom. The highest BCUT2D eigenvalue weighted by Crippen LogP contribution is 2.23. The third-order valence-electron chi connectivity index (χ3n) is 6.51. The molecule has 0 aliphatic rings. The molecule has 0 atom stereocenters. The number of hydrogen-bond donors (Lipinski definition) is 2. The van der Waals surface area contributed by atoms with Crippen LogP contribution >= 0.6 is 0 Å². The van der Waals surface area contributed by atoms with Crippen LogP contribution in [-0.2, 0) is 19.4 Å². The molecule has 182 valence electrons. The molecule has 0 spiro atoms. The molecule has 0 aliphatic carbocycles. The van der Waals surface area contributed by atoms with Gasteiger partial charge in [0.2, 0.25) is 5.95 Å². The molecule has 0 bridgehead atoms. The van der Waals surface area contributed by atoms with Crippen LogP contribution in [0.4, 0.5) is 11.6 Å². The summed E-state index contributed by atoms with van der Waals surface area (Å²) in [7, 11) is 0. The van der Waals surface area contributed by atoms with E-state index in [2.05, 4.69) is 53.6 Å². The number of carbonyl (C=O) groups is 1. The normalized spacial score (nSPS) is 11.1. The van der Waals surface area contributed by atoms with Crippen molar-refractivity contribution in [2.24, 2.45) is 0 Å². The number of fused-ring (bicyclic) bond motifs is 1. The van der Waals surface area contributed by atoms with Crippen LogP contribution in [0.3, 0.4) is 0 Å². The molecule has 1 heterocycles. The number of nitrogens with one attached hydrogen (secondary N) is 1. The van der Waals surface area contributed by atoms with Crippen molar-refractivity contribution in [3.8, 4) is 0 Å². The van der Waals surface area contributed by atoms with Gasteiger partial charge in [-0.05, 0) is 67.1 Å². The van der Waals surface area contributed by atoms with Gasteiger partial charge < -0.3 is 15.6 Å². The number of unbranched alkanes of at least 4 members (excludes halogenated alkanes) is 4. The molecule has 35 heavy (non-hydrogen) atoms. The number of anilines is 2. The van der Waals surface area contributed by atoms with E-state index in [1.165, 1.54) is 43.2 Å². The Labute approximate surface area is 208 Å². The number of nitrogens with zero attached hydrogens (tertiary/aromatic N) is 2. The minimum absolute atomic E-state index is 0.117. The Morgan fingerprint density at radius 1 is 0.857 bits per heavy atom. The summed E-state index contributed by atoms with van der Waals surface area (Å²) in [5, 5.41) is 3.00. The summed E-state index contributed by atoms with van der Waals surface area (Å²) in [5.74, 6) is 0.385. The van der Waals surface area contributed by atoms with Crippen molar-refractivity contribution in [3.05, 3.63) is 89.5 Å². The van der Waals surface area contributed by atoms with Gasteiger partial charge in [-0.15, -0.1) is 0 Å². The Hall–Kier alpha value is -3.60. The molecule has 1 aromatic heterocycles. The van der Waals surface area contributed by atoms with Gasteiger partial charge in [0.05, 0.1) is 11.0 Å². The fourth-order valence-corrected chi connectivity index (χ4v) is 4.51. The summed E-state index contributed by atoms with van der Waals surface area (Å²) in [5.41, 5.74) is 12.0. The van der Waals surface area contributed by atoms with Crippen LogP contribution in [0.15, 0.2) is 72.8 Å². The zero-order valence-electron chi connectivity index (χ0n) is 20.7. The molecule has 4 rings (SSSR count). The maximum atomic E-state index is 12.8. The van der Waals surface area contributed by atoms with Crippen LogP contribution < -0.4 is 11.1 Å². The average molecular weight is 469 g/mol. The molecule has 0 aliphatic heterocycles. The quantitative estimate of drug-likeness (QED) is 0.220. The first kappa shape index (κ1) is 24.5. The Morgan fingerprint density at radius 2 is 1.57 bits per heavy atom. The molecule has 4 aromatic rings. The van der Waals surface area contributed by atoms with Gasteiger partial charge in [-0.3, -0.25) is 4.79 Å². The van der Waals surface area contributed by atoms with Gasteiger partial charge in [0, 0.05) is 17.8 Å². The topological polar surface area (TPSA) is 72.9 Å². The number of nitrogen functional groups attached to an aromatic ring is 1. The first-order valence-corrected chi connectivity index (χ1v) is 12.8. The van der Waals surface area contributed by atoms with Crippen LogP contribution in [0.5, 0.6) is 0 Å². The first-order valence-electron chi connectivity index (χ1n) is 12.8. The van der Waals surface area contributed by atoms with Crippen LogP contribution in [-0.4, -0.2) is 15.5 Å². The van der Waals surface area contributed by atoms with Gasteiger partial charge >= 0.3 is 0 Å². The predicted octanol–water partition coefficient (Wildman–Crippen LogP) is 7.02. The van der Waals surface area contributed by atoms with Gasteiger partial charge in [0.25, 0.3) is 5.91 Å². The minimum atomic E-state index is -0.117. The van der Waals surface area contributed by atoms with E-state index in [-0.39, 0.29) is 5.91 Å². The molecule has 5 nitrogen and oxygen atoms in total. The number of rotatable bonds is 12. The molecule has 0 radical (unpaired) electrons. The van der Waals surface area contributed by atoms with Crippen molar-refractivity contribution in [2.45, 2.75) is 64.8 Å². The third kappa shape index (κ3) is 6.72. The molecular weight excluding hydrogens is 432 g/mol. The fourth-order valence-electron chi connectivity index (χ4n) is 4.51. The van der Waals surface area contributed by atoms with E-state index in [4.69, 9.17) is 5.73 Å². The second kappa shape index (κ2) is 12.2. The number of aryl methyl sites for hydroxylation is 3. The molecule has 0 unspecified atom stereocenters. The van der Waals surface area contributed by atoms with Crippen molar-refractivity contribution < 1.29 is 4.79 Å². The molecule has 0 fully saturated rings. The third-order valence-corrected chi connectivity index (χ3v) is 6.51. The van der Waals surface area contributed by atoms with Crippen molar-refractivity contribution in [1.82, 2.24) is 9.55 Å². The molecule has 1 amide bonds. The Bertz CT molecular complexity index is 1230. The standard InChI is InChI=1S/C30H36N4O/c1-2-3-4-5-7-13-24-15-17-25(18-16-24)29(35)32-26-19-20-28-27(22-26)33-30(31)34(28)21-10-14-23-11-8-6-9-12-23/h6,8-9,11-12,15-20,22H,2-5,7,10,13-14,21H2,1H3,(H2,31,33)(H,32,35). The number of imidazole rings is 1. The van der Waals surface area contributed by atoms with Crippen molar-refractivity contribution in [3.63, 3.8) is 0 Å². The van der Waals surface area contributed by atoms with Crippen LogP contribution in [0.1, 0.15) is 66.9 Å². The maximum Gasteiger partial charge on any atom is 0.255 e. The average Bonchev–Trinajstić information content (AvgIpc) is 3.19. The Balaban J connectivity index is 1.34. The number of hydrogen-bond acceptors (Lipinski definition) is 3. The molecule has 0 saturated heterocycles.